The first-order valence-corrected chi connectivity index (χ1v) is 8.70. The summed E-state index contributed by atoms with van der Waals surface area (Å²) in [6, 6.07) is 5.90. The van der Waals surface area contributed by atoms with Crippen LogP contribution in [0.3, 0.4) is 0 Å². The van der Waals surface area contributed by atoms with Crippen LogP contribution in [0.1, 0.15) is 0 Å². The molecule has 7 heteroatoms. The Kier molecular flexibility index (Phi) is 4.40. The van der Waals surface area contributed by atoms with Crippen molar-refractivity contribution in [1.82, 2.24) is 14.7 Å². The van der Waals surface area contributed by atoms with Crippen LogP contribution in [0.4, 0.5) is 0 Å². The van der Waals surface area contributed by atoms with Crippen LogP contribution in [-0.4, -0.2) is 51.8 Å². The van der Waals surface area contributed by atoms with Crippen molar-refractivity contribution >= 4 is 44.5 Å². The maximum absolute atomic E-state index is 12.1. The molecule has 1 saturated heterocycles. The number of fused-ring (bicyclic) bond motifs is 1. The van der Waals surface area contributed by atoms with E-state index in [2.05, 4.69) is 21.0 Å². The zero-order chi connectivity index (χ0) is 14.8. The first-order valence-electron chi connectivity index (χ1n) is 6.76. The van der Waals surface area contributed by atoms with Gasteiger partial charge >= 0.3 is 0 Å². The molecule has 0 unspecified atom stereocenters. The molecule has 0 atom stereocenters. The van der Waals surface area contributed by atoms with Gasteiger partial charge in [0.05, 0.1) is 10.9 Å². The maximum Gasteiger partial charge on any atom is 0.260 e. The molecule has 3 rings (SSSR count). The molecular formula is C14H16BrN3O2S. The van der Waals surface area contributed by atoms with E-state index in [0.717, 1.165) is 40.0 Å². The average molecular weight is 370 g/mol. The van der Waals surface area contributed by atoms with Crippen molar-refractivity contribution in [3.05, 3.63) is 22.7 Å². The fourth-order valence-corrected chi connectivity index (χ4v) is 3.61. The number of benzene rings is 1. The SMILES string of the molecule is Cn1nc(OCC(=O)N2CCSCC2)c2cc(Br)ccc21. The van der Waals surface area contributed by atoms with Crippen LogP contribution < -0.4 is 4.74 Å². The fraction of sp³-hybridized carbons (Fsp3) is 0.429. The van der Waals surface area contributed by atoms with Crippen LogP contribution in [-0.2, 0) is 11.8 Å². The summed E-state index contributed by atoms with van der Waals surface area (Å²) in [5.41, 5.74) is 0.982. The second-order valence-electron chi connectivity index (χ2n) is 4.87. The highest BCUT2D eigenvalue weighted by molar-refractivity contribution is 9.10. The molecule has 1 aliphatic heterocycles. The number of carbonyl (C=O) groups excluding carboxylic acids is 1. The lowest BCUT2D eigenvalue weighted by Gasteiger charge is -2.26. The van der Waals surface area contributed by atoms with Crippen molar-refractivity contribution in [2.24, 2.45) is 7.05 Å². The molecule has 0 N–H and O–H groups in total. The van der Waals surface area contributed by atoms with E-state index in [1.165, 1.54) is 0 Å². The highest BCUT2D eigenvalue weighted by atomic mass is 79.9. The number of ether oxygens (including phenoxy) is 1. The van der Waals surface area contributed by atoms with Crippen molar-refractivity contribution in [3.63, 3.8) is 0 Å². The second-order valence-corrected chi connectivity index (χ2v) is 7.01. The lowest BCUT2D eigenvalue weighted by Crippen LogP contribution is -2.40. The van der Waals surface area contributed by atoms with Gasteiger partial charge in [0.15, 0.2) is 6.61 Å². The summed E-state index contributed by atoms with van der Waals surface area (Å²) in [6.45, 7) is 1.66. The molecule has 1 aromatic heterocycles. The predicted octanol–water partition coefficient (Wildman–Crippen LogP) is 2.29. The highest BCUT2D eigenvalue weighted by Gasteiger charge is 2.18. The van der Waals surface area contributed by atoms with Gasteiger partial charge in [-0.25, -0.2) is 0 Å². The molecule has 1 fully saturated rings. The quantitative estimate of drug-likeness (QED) is 0.832. The van der Waals surface area contributed by atoms with Crippen LogP contribution in [0.15, 0.2) is 22.7 Å². The van der Waals surface area contributed by atoms with Crippen molar-refractivity contribution in [1.29, 1.82) is 0 Å². The van der Waals surface area contributed by atoms with Gasteiger partial charge in [-0.15, -0.1) is 5.10 Å². The van der Waals surface area contributed by atoms with E-state index < -0.39 is 0 Å². The number of aryl methyl sites for hydroxylation is 1. The molecule has 2 heterocycles. The predicted molar refractivity (Wildman–Crippen MR) is 87.8 cm³/mol. The highest BCUT2D eigenvalue weighted by Crippen LogP contribution is 2.27. The molecule has 0 spiro atoms. The molecule has 0 radical (unpaired) electrons. The Labute approximate surface area is 135 Å². The summed E-state index contributed by atoms with van der Waals surface area (Å²) < 4.78 is 8.39. The summed E-state index contributed by atoms with van der Waals surface area (Å²) in [5.74, 6) is 2.55. The molecule has 0 bridgehead atoms. The smallest absolute Gasteiger partial charge is 0.260 e. The molecule has 21 heavy (non-hydrogen) atoms. The minimum atomic E-state index is 0.0316. The fourth-order valence-electron chi connectivity index (χ4n) is 2.35. The Hall–Kier alpha value is -1.21. The molecule has 2 aromatic rings. The van der Waals surface area contributed by atoms with E-state index in [0.29, 0.717) is 5.88 Å². The van der Waals surface area contributed by atoms with Gasteiger partial charge in [0.2, 0.25) is 5.88 Å². The largest absolute Gasteiger partial charge is 0.466 e. The van der Waals surface area contributed by atoms with Gasteiger partial charge in [-0.1, -0.05) is 15.9 Å². The van der Waals surface area contributed by atoms with Crippen LogP contribution in [0.25, 0.3) is 10.9 Å². The van der Waals surface area contributed by atoms with Gasteiger partial charge in [0.1, 0.15) is 0 Å². The number of rotatable bonds is 3. The molecule has 1 amide bonds. The molecule has 0 aliphatic carbocycles. The zero-order valence-electron chi connectivity index (χ0n) is 11.7. The Morgan fingerprint density at radius 2 is 2.19 bits per heavy atom. The Morgan fingerprint density at radius 3 is 2.95 bits per heavy atom. The van der Waals surface area contributed by atoms with Gasteiger partial charge in [-0.2, -0.15) is 11.8 Å². The Morgan fingerprint density at radius 1 is 1.43 bits per heavy atom. The first-order chi connectivity index (χ1) is 10.1. The van der Waals surface area contributed by atoms with Gasteiger partial charge < -0.3 is 9.64 Å². The zero-order valence-corrected chi connectivity index (χ0v) is 14.1. The minimum absolute atomic E-state index is 0.0316. The molecule has 112 valence electrons. The minimum Gasteiger partial charge on any atom is -0.466 e. The third kappa shape index (κ3) is 3.18. The number of nitrogens with zero attached hydrogens (tertiary/aromatic N) is 3. The van der Waals surface area contributed by atoms with Crippen molar-refractivity contribution < 1.29 is 9.53 Å². The van der Waals surface area contributed by atoms with E-state index in [1.807, 2.05) is 41.9 Å². The summed E-state index contributed by atoms with van der Waals surface area (Å²) in [6.07, 6.45) is 0. The average Bonchev–Trinajstić information content (AvgIpc) is 2.81. The number of thioether (sulfide) groups is 1. The standard InChI is InChI=1S/C14H16BrN3O2S/c1-17-12-3-2-10(15)8-11(12)14(16-17)20-9-13(19)18-4-6-21-7-5-18/h2-3,8H,4-7,9H2,1H3. The molecular weight excluding hydrogens is 354 g/mol. The number of hydrogen-bond donors (Lipinski definition) is 0. The number of aromatic nitrogens is 2. The van der Waals surface area contributed by atoms with Crippen LogP contribution in [0.5, 0.6) is 5.88 Å². The second kappa shape index (κ2) is 6.27. The van der Waals surface area contributed by atoms with Crippen molar-refractivity contribution in [2.75, 3.05) is 31.2 Å². The third-order valence-corrected chi connectivity index (χ3v) is 4.91. The van der Waals surface area contributed by atoms with Crippen LogP contribution >= 0.6 is 27.7 Å². The number of hydrogen-bond acceptors (Lipinski definition) is 4. The van der Waals surface area contributed by atoms with Crippen molar-refractivity contribution in [2.45, 2.75) is 0 Å². The van der Waals surface area contributed by atoms with Crippen LogP contribution in [0, 0.1) is 0 Å². The number of carbonyl (C=O) groups is 1. The Bertz CT molecular complexity index is 668. The Balaban J connectivity index is 1.73. The number of amides is 1. The summed E-state index contributed by atoms with van der Waals surface area (Å²) in [4.78, 5) is 14.0. The van der Waals surface area contributed by atoms with E-state index in [-0.39, 0.29) is 12.5 Å². The molecule has 5 nitrogen and oxygen atoms in total. The lowest BCUT2D eigenvalue weighted by atomic mass is 10.2. The van der Waals surface area contributed by atoms with E-state index in [9.17, 15) is 4.79 Å². The lowest BCUT2D eigenvalue weighted by molar-refractivity contribution is -0.133. The topological polar surface area (TPSA) is 47.4 Å². The van der Waals surface area contributed by atoms with Gasteiger partial charge in [-0.3, -0.25) is 9.48 Å². The van der Waals surface area contributed by atoms with Crippen molar-refractivity contribution in [3.8, 4) is 5.88 Å². The van der Waals surface area contributed by atoms with Gasteiger partial charge in [0, 0.05) is 36.1 Å². The van der Waals surface area contributed by atoms with Gasteiger partial charge in [-0.05, 0) is 18.2 Å². The monoisotopic (exact) mass is 369 g/mol. The molecule has 1 aromatic carbocycles. The molecule has 1 aliphatic rings. The summed E-state index contributed by atoms with van der Waals surface area (Å²) in [5, 5.41) is 5.26. The normalized spacial score (nSPS) is 15.4. The summed E-state index contributed by atoms with van der Waals surface area (Å²) >= 11 is 5.33. The summed E-state index contributed by atoms with van der Waals surface area (Å²) in [7, 11) is 1.87. The van der Waals surface area contributed by atoms with Crippen LogP contribution in [0.2, 0.25) is 0 Å². The third-order valence-electron chi connectivity index (χ3n) is 3.47. The van der Waals surface area contributed by atoms with E-state index >= 15 is 0 Å². The van der Waals surface area contributed by atoms with E-state index in [4.69, 9.17) is 4.74 Å². The number of halogens is 1. The van der Waals surface area contributed by atoms with E-state index in [1.54, 1.807) is 4.68 Å². The first kappa shape index (κ1) is 14.7. The maximum atomic E-state index is 12.1. The molecule has 0 saturated carbocycles. The van der Waals surface area contributed by atoms with Gasteiger partial charge in [0.25, 0.3) is 5.91 Å².